The summed E-state index contributed by atoms with van der Waals surface area (Å²) in [5.74, 6) is 1.01. The fourth-order valence-corrected chi connectivity index (χ4v) is 3.42. The van der Waals surface area contributed by atoms with Crippen molar-refractivity contribution in [2.45, 2.75) is 25.8 Å². The lowest BCUT2D eigenvalue weighted by atomic mass is 10.1. The topological polar surface area (TPSA) is 93.9 Å². The monoisotopic (exact) mass is 351 g/mol. The number of rotatable bonds is 4. The van der Waals surface area contributed by atoms with Crippen molar-refractivity contribution < 1.29 is 9.59 Å². The lowest BCUT2D eigenvalue weighted by Crippen LogP contribution is -2.28. The van der Waals surface area contributed by atoms with E-state index in [0.29, 0.717) is 25.3 Å². The molecule has 0 radical (unpaired) electrons. The summed E-state index contributed by atoms with van der Waals surface area (Å²) in [6, 6.07) is 9.79. The SMILES string of the molecule is CC(=O)NCc1cnc([C@H]2CCN(C(=O)c3cc4ccccc4[nH]3)C2)[nH]1. The van der Waals surface area contributed by atoms with Crippen LogP contribution in [0.15, 0.2) is 36.5 Å². The van der Waals surface area contributed by atoms with Crippen LogP contribution in [0.5, 0.6) is 0 Å². The molecule has 2 amide bonds. The van der Waals surface area contributed by atoms with Crippen molar-refractivity contribution >= 4 is 22.7 Å². The van der Waals surface area contributed by atoms with E-state index in [-0.39, 0.29) is 17.7 Å². The maximum Gasteiger partial charge on any atom is 0.270 e. The summed E-state index contributed by atoms with van der Waals surface area (Å²) in [5.41, 5.74) is 2.47. The molecular formula is C19H21N5O2. The first kappa shape index (κ1) is 16.4. The van der Waals surface area contributed by atoms with Gasteiger partial charge < -0.3 is 20.2 Å². The zero-order valence-corrected chi connectivity index (χ0v) is 14.6. The molecule has 0 aliphatic carbocycles. The van der Waals surface area contributed by atoms with Crippen molar-refractivity contribution in [3.63, 3.8) is 0 Å². The molecule has 3 heterocycles. The van der Waals surface area contributed by atoms with Crippen LogP contribution in [0.25, 0.3) is 10.9 Å². The van der Waals surface area contributed by atoms with E-state index in [1.165, 1.54) is 6.92 Å². The third-order valence-corrected chi connectivity index (χ3v) is 4.80. The van der Waals surface area contributed by atoms with Crippen LogP contribution in [0.1, 0.15) is 41.3 Å². The molecular weight excluding hydrogens is 330 g/mol. The van der Waals surface area contributed by atoms with E-state index < -0.39 is 0 Å². The van der Waals surface area contributed by atoms with Gasteiger partial charge in [-0.1, -0.05) is 18.2 Å². The van der Waals surface area contributed by atoms with Gasteiger partial charge in [0.2, 0.25) is 5.91 Å². The quantitative estimate of drug-likeness (QED) is 0.672. The van der Waals surface area contributed by atoms with Crippen LogP contribution in [-0.4, -0.2) is 44.8 Å². The number of imidazole rings is 1. The Hall–Kier alpha value is -3.09. The van der Waals surface area contributed by atoms with Gasteiger partial charge >= 0.3 is 0 Å². The number of likely N-dealkylation sites (tertiary alicyclic amines) is 1. The van der Waals surface area contributed by atoms with Crippen LogP contribution in [0.4, 0.5) is 0 Å². The van der Waals surface area contributed by atoms with Crippen LogP contribution >= 0.6 is 0 Å². The van der Waals surface area contributed by atoms with Crippen LogP contribution in [0.3, 0.4) is 0 Å². The third-order valence-electron chi connectivity index (χ3n) is 4.80. The standard InChI is InChI=1S/C19H21N5O2/c1-12(25)20-9-15-10-21-18(22-15)14-6-7-24(11-14)19(26)17-8-13-4-2-3-5-16(13)23-17/h2-5,8,10,14,23H,6-7,9,11H2,1H3,(H,20,25)(H,21,22)/t14-/m0/s1. The maximum atomic E-state index is 12.8. The molecule has 1 aromatic carbocycles. The number of amides is 2. The predicted octanol–water partition coefficient (Wildman–Crippen LogP) is 2.16. The van der Waals surface area contributed by atoms with E-state index in [1.54, 1.807) is 6.20 Å². The largest absolute Gasteiger partial charge is 0.351 e. The number of benzene rings is 1. The second-order valence-corrected chi connectivity index (χ2v) is 6.71. The molecule has 4 rings (SSSR count). The number of hydrogen-bond donors (Lipinski definition) is 3. The number of fused-ring (bicyclic) bond motifs is 1. The summed E-state index contributed by atoms with van der Waals surface area (Å²) in [6.07, 6.45) is 2.62. The molecule has 3 aromatic rings. The second-order valence-electron chi connectivity index (χ2n) is 6.71. The van der Waals surface area contributed by atoms with Gasteiger partial charge in [-0.3, -0.25) is 9.59 Å². The summed E-state index contributed by atoms with van der Waals surface area (Å²) in [6.45, 7) is 3.27. The molecule has 0 bridgehead atoms. The lowest BCUT2D eigenvalue weighted by molar-refractivity contribution is -0.119. The summed E-state index contributed by atoms with van der Waals surface area (Å²) < 4.78 is 0. The molecule has 1 saturated heterocycles. The number of carbonyl (C=O) groups excluding carboxylic acids is 2. The number of aromatic amines is 2. The molecule has 26 heavy (non-hydrogen) atoms. The van der Waals surface area contributed by atoms with E-state index in [4.69, 9.17) is 0 Å². The normalized spacial score (nSPS) is 17.0. The van der Waals surface area contributed by atoms with E-state index in [0.717, 1.165) is 28.8 Å². The van der Waals surface area contributed by atoms with Crippen molar-refractivity contribution in [2.24, 2.45) is 0 Å². The van der Waals surface area contributed by atoms with Gasteiger partial charge in [0.25, 0.3) is 5.91 Å². The second kappa shape index (κ2) is 6.67. The molecule has 0 saturated carbocycles. The highest BCUT2D eigenvalue weighted by atomic mass is 16.2. The first-order chi connectivity index (χ1) is 12.6. The number of nitrogens with one attached hydrogen (secondary N) is 3. The average molecular weight is 351 g/mol. The van der Waals surface area contributed by atoms with Crippen LogP contribution < -0.4 is 5.32 Å². The summed E-state index contributed by atoms with van der Waals surface area (Å²) in [7, 11) is 0. The Morgan fingerprint density at radius 1 is 1.31 bits per heavy atom. The van der Waals surface area contributed by atoms with Gasteiger partial charge in [-0.15, -0.1) is 0 Å². The van der Waals surface area contributed by atoms with Crippen molar-refractivity contribution in [2.75, 3.05) is 13.1 Å². The summed E-state index contributed by atoms with van der Waals surface area (Å²) >= 11 is 0. The van der Waals surface area contributed by atoms with Gasteiger partial charge in [0.1, 0.15) is 11.5 Å². The van der Waals surface area contributed by atoms with E-state index in [2.05, 4.69) is 20.3 Å². The van der Waals surface area contributed by atoms with Crippen LogP contribution in [-0.2, 0) is 11.3 Å². The predicted molar refractivity (Wildman–Crippen MR) is 97.7 cm³/mol. The highest BCUT2D eigenvalue weighted by Crippen LogP contribution is 2.27. The van der Waals surface area contributed by atoms with Gasteiger partial charge in [0.15, 0.2) is 0 Å². The minimum Gasteiger partial charge on any atom is -0.351 e. The van der Waals surface area contributed by atoms with Crippen LogP contribution in [0, 0.1) is 0 Å². The fourth-order valence-electron chi connectivity index (χ4n) is 3.42. The molecule has 7 nitrogen and oxygen atoms in total. The van der Waals surface area contributed by atoms with E-state index in [9.17, 15) is 9.59 Å². The average Bonchev–Trinajstić information content (AvgIpc) is 3.37. The molecule has 1 aliphatic rings. The molecule has 7 heteroatoms. The Bertz CT molecular complexity index is 925. The zero-order chi connectivity index (χ0) is 18.1. The van der Waals surface area contributed by atoms with Crippen molar-refractivity contribution in [3.05, 3.63) is 53.7 Å². The molecule has 0 unspecified atom stereocenters. The molecule has 1 aliphatic heterocycles. The van der Waals surface area contributed by atoms with Gasteiger partial charge in [-0.25, -0.2) is 4.98 Å². The molecule has 0 spiro atoms. The number of para-hydroxylation sites is 1. The summed E-state index contributed by atoms with van der Waals surface area (Å²) in [4.78, 5) is 36.6. The number of H-pyrrole nitrogens is 2. The zero-order valence-electron chi connectivity index (χ0n) is 14.6. The molecule has 1 atom stereocenters. The van der Waals surface area contributed by atoms with E-state index in [1.807, 2.05) is 35.2 Å². The third kappa shape index (κ3) is 3.20. The first-order valence-electron chi connectivity index (χ1n) is 8.75. The van der Waals surface area contributed by atoms with E-state index >= 15 is 0 Å². The minimum atomic E-state index is -0.0721. The molecule has 2 aromatic heterocycles. The smallest absolute Gasteiger partial charge is 0.270 e. The van der Waals surface area contributed by atoms with Gasteiger partial charge in [0.05, 0.1) is 18.4 Å². The highest BCUT2D eigenvalue weighted by molar-refractivity contribution is 5.98. The first-order valence-corrected chi connectivity index (χ1v) is 8.75. The maximum absolute atomic E-state index is 12.8. The minimum absolute atomic E-state index is 0.0220. The van der Waals surface area contributed by atoms with Crippen molar-refractivity contribution in [3.8, 4) is 0 Å². The molecule has 3 N–H and O–H groups in total. The molecule has 1 fully saturated rings. The van der Waals surface area contributed by atoms with Gasteiger partial charge in [0, 0.05) is 36.8 Å². The Labute approximate surface area is 150 Å². The lowest BCUT2D eigenvalue weighted by Gasteiger charge is -2.15. The fraction of sp³-hybridized carbons (Fsp3) is 0.316. The summed E-state index contributed by atoms with van der Waals surface area (Å²) in [5, 5.41) is 3.79. The Morgan fingerprint density at radius 3 is 2.96 bits per heavy atom. The number of hydrogen-bond acceptors (Lipinski definition) is 3. The Balaban J connectivity index is 1.43. The highest BCUT2D eigenvalue weighted by Gasteiger charge is 2.30. The van der Waals surface area contributed by atoms with Crippen molar-refractivity contribution in [1.29, 1.82) is 0 Å². The van der Waals surface area contributed by atoms with Gasteiger partial charge in [-0.2, -0.15) is 0 Å². The number of aromatic nitrogens is 3. The Morgan fingerprint density at radius 2 is 2.15 bits per heavy atom. The number of carbonyl (C=O) groups is 2. The molecule has 134 valence electrons. The van der Waals surface area contributed by atoms with Crippen LogP contribution in [0.2, 0.25) is 0 Å². The Kier molecular flexibility index (Phi) is 4.20. The van der Waals surface area contributed by atoms with Crippen molar-refractivity contribution in [1.82, 2.24) is 25.2 Å². The van der Waals surface area contributed by atoms with Gasteiger partial charge in [-0.05, 0) is 18.6 Å². The number of nitrogens with zero attached hydrogens (tertiary/aromatic N) is 2.